The van der Waals surface area contributed by atoms with E-state index >= 15 is 0 Å². The molecule has 0 radical (unpaired) electrons. The molecule has 120 valence electrons. The first-order chi connectivity index (χ1) is 11.6. The first-order valence-corrected chi connectivity index (χ1v) is 8.09. The molecular formula is C19H14Cl2N2O. The summed E-state index contributed by atoms with van der Waals surface area (Å²) < 4.78 is 0. The fourth-order valence-corrected chi connectivity index (χ4v) is 2.88. The second-order valence-corrected chi connectivity index (χ2v) is 6.11. The van der Waals surface area contributed by atoms with E-state index in [1.54, 1.807) is 18.2 Å². The number of carbonyl (C=O) groups excluding carboxylic acids is 1. The Balaban J connectivity index is 1.87. The number of halogens is 2. The van der Waals surface area contributed by atoms with Crippen LogP contribution in [0.5, 0.6) is 0 Å². The molecule has 0 aliphatic carbocycles. The van der Waals surface area contributed by atoms with Gasteiger partial charge in [0.25, 0.3) is 5.91 Å². The molecule has 0 bridgehead atoms. The smallest absolute Gasteiger partial charge is 0.267 e. The molecule has 3 aromatic carbocycles. The van der Waals surface area contributed by atoms with E-state index in [-0.39, 0.29) is 5.91 Å². The SMILES string of the molecule is Cc1ccc2ccccc2c1C(=O)N/N=C\c1cccc(Cl)c1Cl. The molecule has 1 N–H and O–H groups in total. The Morgan fingerprint density at radius 2 is 1.83 bits per heavy atom. The summed E-state index contributed by atoms with van der Waals surface area (Å²) in [5, 5.41) is 6.75. The van der Waals surface area contributed by atoms with Gasteiger partial charge in [0, 0.05) is 5.56 Å². The van der Waals surface area contributed by atoms with E-state index in [4.69, 9.17) is 23.2 Å². The van der Waals surface area contributed by atoms with E-state index in [9.17, 15) is 4.79 Å². The summed E-state index contributed by atoms with van der Waals surface area (Å²) in [6, 6.07) is 16.9. The van der Waals surface area contributed by atoms with Gasteiger partial charge < -0.3 is 0 Å². The lowest BCUT2D eigenvalue weighted by molar-refractivity contribution is 0.0956. The highest BCUT2D eigenvalue weighted by molar-refractivity contribution is 6.43. The third kappa shape index (κ3) is 3.28. The summed E-state index contributed by atoms with van der Waals surface area (Å²) in [4.78, 5) is 12.5. The number of nitrogens with zero attached hydrogens (tertiary/aromatic N) is 1. The van der Waals surface area contributed by atoms with Crippen LogP contribution in [-0.2, 0) is 0 Å². The Morgan fingerprint density at radius 1 is 1.04 bits per heavy atom. The second kappa shape index (κ2) is 7.04. The fourth-order valence-electron chi connectivity index (χ4n) is 2.52. The Labute approximate surface area is 149 Å². The first kappa shape index (κ1) is 16.5. The van der Waals surface area contributed by atoms with E-state index in [1.165, 1.54) is 6.21 Å². The summed E-state index contributed by atoms with van der Waals surface area (Å²) in [5.74, 6) is -0.265. The van der Waals surface area contributed by atoms with Gasteiger partial charge in [0.05, 0.1) is 21.8 Å². The van der Waals surface area contributed by atoms with Crippen LogP contribution in [0.25, 0.3) is 10.8 Å². The van der Waals surface area contributed by atoms with Gasteiger partial charge in [-0.25, -0.2) is 5.43 Å². The number of nitrogens with one attached hydrogen (secondary N) is 1. The minimum atomic E-state index is -0.265. The van der Waals surface area contributed by atoms with Crippen LogP contribution >= 0.6 is 23.2 Å². The molecule has 0 fully saturated rings. The van der Waals surface area contributed by atoms with Crippen LogP contribution in [-0.4, -0.2) is 12.1 Å². The number of hydrazone groups is 1. The molecule has 0 atom stereocenters. The van der Waals surface area contributed by atoms with Crippen molar-refractivity contribution in [2.45, 2.75) is 6.92 Å². The van der Waals surface area contributed by atoms with E-state index < -0.39 is 0 Å². The summed E-state index contributed by atoms with van der Waals surface area (Å²) in [6.07, 6.45) is 1.48. The number of fused-ring (bicyclic) bond motifs is 1. The normalized spacial score (nSPS) is 11.1. The molecule has 0 aliphatic heterocycles. The lowest BCUT2D eigenvalue weighted by atomic mass is 9.99. The van der Waals surface area contributed by atoms with E-state index in [0.29, 0.717) is 21.2 Å². The Hall–Kier alpha value is -2.36. The number of hydrogen-bond donors (Lipinski definition) is 1. The van der Waals surface area contributed by atoms with Crippen LogP contribution in [0, 0.1) is 6.92 Å². The molecule has 0 saturated carbocycles. The number of amides is 1. The van der Waals surface area contributed by atoms with Crippen LogP contribution in [0.1, 0.15) is 21.5 Å². The molecule has 1 amide bonds. The molecule has 0 spiro atoms. The lowest BCUT2D eigenvalue weighted by Crippen LogP contribution is -2.19. The molecule has 0 unspecified atom stereocenters. The van der Waals surface area contributed by atoms with Crippen molar-refractivity contribution in [3.05, 3.63) is 81.3 Å². The maximum atomic E-state index is 12.5. The molecule has 0 aromatic heterocycles. The topological polar surface area (TPSA) is 41.5 Å². The van der Waals surface area contributed by atoms with Gasteiger partial charge in [-0.1, -0.05) is 71.7 Å². The van der Waals surface area contributed by atoms with E-state index in [2.05, 4.69) is 10.5 Å². The predicted octanol–water partition coefficient (Wildman–Crippen LogP) is 5.22. The standard InChI is InChI=1S/C19H14Cl2N2O/c1-12-9-10-13-5-2-3-7-15(13)17(12)19(24)23-22-11-14-6-4-8-16(20)18(14)21/h2-11H,1H3,(H,23,24)/b22-11-. The average Bonchev–Trinajstić information content (AvgIpc) is 2.58. The highest BCUT2D eigenvalue weighted by atomic mass is 35.5. The number of rotatable bonds is 3. The van der Waals surface area contributed by atoms with Crippen molar-refractivity contribution in [1.82, 2.24) is 5.43 Å². The van der Waals surface area contributed by atoms with Gasteiger partial charge in [0.2, 0.25) is 0 Å². The van der Waals surface area contributed by atoms with Gasteiger partial charge in [-0.2, -0.15) is 5.10 Å². The van der Waals surface area contributed by atoms with Crippen LogP contribution in [0.2, 0.25) is 10.0 Å². The van der Waals surface area contributed by atoms with Gasteiger partial charge in [0.15, 0.2) is 0 Å². The lowest BCUT2D eigenvalue weighted by Gasteiger charge is -2.08. The number of benzene rings is 3. The molecule has 3 aromatic rings. The largest absolute Gasteiger partial charge is 0.272 e. The van der Waals surface area contributed by atoms with Gasteiger partial charge in [-0.15, -0.1) is 0 Å². The van der Waals surface area contributed by atoms with Crippen molar-refractivity contribution >= 4 is 46.1 Å². The number of carbonyl (C=O) groups is 1. The van der Waals surface area contributed by atoms with Gasteiger partial charge in [-0.05, 0) is 29.3 Å². The average molecular weight is 357 g/mol. The highest BCUT2D eigenvalue weighted by Crippen LogP contribution is 2.24. The monoisotopic (exact) mass is 356 g/mol. The molecule has 0 saturated heterocycles. The van der Waals surface area contributed by atoms with Crippen molar-refractivity contribution in [2.24, 2.45) is 5.10 Å². The summed E-state index contributed by atoms with van der Waals surface area (Å²) in [7, 11) is 0. The molecule has 0 aliphatic rings. The van der Waals surface area contributed by atoms with Crippen LogP contribution in [0.3, 0.4) is 0 Å². The maximum absolute atomic E-state index is 12.5. The zero-order chi connectivity index (χ0) is 17.1. The quantitative estimate of drug-likeness (QED) is 0.507. The minimum absolute atomic E-state index is 0.265. The van der Waals surface area contributed by atoms with E-state index in [0.717, 1.165) is 16.3 Å². The third-order valence-corrected chi connectivity index (χ3v) is 4.55. The van der Waals surface area contributed by atoms with Gasteiger partial charge >= 0.3 is 0 Å². The molecule has 24 heavy (non-hydrogen) atoms. The Kier molecular flexibility index (Phi) is 4.84. The third-order valence-electron chi connectivity index (χ3n) is 3.72. The number of aryl methyl sites for hydroxylation is 1. The van der Waals surface area contributed by atoms with Crippen molar-refractivity contribution in [2.75, 3.05) is 0 Å². The molecule has 3 rings (SSSR count). The first-order valence-electron chi connectivity index (χ1n) is 7.33. The second-order valence-electron chi connectivity index (χ2n) is 5.32. The Bertz CT molecular complexity index is 951. The van der Waals surface area contributed by atoms with Crippen molar-refractivity contribution in [1.29, 1.82) is 0 Å². The van der Waals surface area contributed by atoms with Gasteiger partial charge in [-0.3, -0.25) is 4.79 Å². The van der Waals surface area contributed by atoms with Crippen molar-refractivity contribution in [3.8, 4) is 0 Å². The number of hydrogen-bond acceptors (Lipinski definition) is 2. The van der Waals surface area contributed by atoms with Crippen LogP contribution < -0.4 is 5.43 Å². The molecular weight excluding hydrogens is 343 g/mol. The van der Waals surface area contributed by atoms with Crippen LogP contribution in [0.4, 0.5) is 0 Å². The van der Waals surface area contributed by atoms with Crippen molar-refractivity contribution in [3.63, 3.8) is 0 Å². The van der Waals surface area contributed by atoms with Gasteiger partial charge in [0.1, 0.15) is 0 Å². The minimum Gasteiger partial charge on any atom is -0.267 e. The summed E-state index contributed by atoms with van der Waals surface area (Å²) in [6.45, 7) is 1.90. The summed E-state index contributed by atoms with van der Waals surface area (Å²) >= 11 is 12.0. The highest BCUT2D eigenvalue weighted by Gasteiger charge is 2.12. The summed E-state index contributed by atoms with van der Waals surface area (Å²) in [5.41, 5.74) is 4.70. The molecule has 5 heteroatoms. The maximum Gasteiger partial charge on any atom is 0.272 e. The zero-order valence-electron chi connectivity index (χ0n) is 12.9. The predicted molar refractivity (Wildman–Crippen MR) is 100 cm³/mol. The van der Waals surface area contributed by atoms with Crippen molar-refractivity contribution < 1.29 is 4.79 Å². The van der Waals surface area contributed by atoms with Crippen LogP contribution in [0.15, 0.2) is 59.7 Å². The molecule has 3 nitrogen and oxygen atoms in total. The molecule has 0 heterocycles. The van der Waals surface area contributed by atoms with E-state index in [1.807, 2.05) is 43.3 Å². The Morgan fingerprint density at radius 3 is 2.67 bits per heavy atom. The zero-order valence-corrected chi connectivity index (χ0v) is 14.4. The fraction of sp³-hybridized carbons (Fsp3) is 0.0526.